The Morgan fingerprint density at radius 2 is 1.93 bits per heavy atom. The summed E-state index contributed by atoms with van der Waals surface area (Å²) in [5.41, 5.74) is 6.80. The average molecular weight is 369 g/mol. The van der Waals surface area contributed by atoms with Crippen LogP contribution in [0, 0.1) is 5.82 Å². The summed E-state index contributed by atoms with van der Waals surface area (Å²) in [5, 5.41) is 0. The Morgan fingerprint density at radius 3 is 2.63 bits per heavy atom. The Kier molecular flexibility index (Phi) is 4.44. The van der Waals surface area contributed by atoms with Crippen molar-refractivity contribution in [1.82, 2.24) is 9.80 Å². The van der Waals surface area contributed by atoms with Crippen LogP contribution >= 0.6 is 0 Å². The van der Waals surface area contributed by atoms with E-state index in [-0.39, 0.29) is 31.0 Å². The molecule has 0 spiro atoms. The van der Waals surface area contributed by atoms with Crippen molar-refractivity contribution in [3.05, 3.63) is 83.3 Å². The third kappa shape index (κ3) is 3.21. The summed E-state index contributed by atoms with van der Waals surface area (Å²) in [4.78, 5) is 16.3. The van der Waals surface area contributed by atoms with Gasteiger partial charge in [0.25, 0.3) is 0 Å². The Balaban J connectivity index is 1.70. The first-order chi connectivity index (χ1) is 13.0. The number of rotatable bonds is 2. The van der Waals surface area contributed by atoms with E-state index in [1.165, 1.54) is 29.3 Å². The highest BCUT2D eigenvalue weighted by Crippen LogP contribution is 2.36. The molecule has 0 aromatic heterocycles. The van der Waals surface area contributed by atoms with Crippen LogP contribution in [0.5, 0.6) is 0 Å². The second-order valence-corrected chi connectivity index (χ2v) is 7.06. The molecule has 0 fully saturated rings. The number of hydrogen-bond acceptors (Lipinski definition) is 2. The van der Waals surface area contributed by atoms with Gasteiger partial charge in [-0.25, -0.2) is 13.6 Å². The smallest absolute Gasteiger partial charge is 0.324 e. The van der Waals surface area contributed by atoms with Crippen LogP contribution in [-0.2, 0) is 6.42 Å². The van der Waals surface area contributed by atoms with Crippen LogP contribution < -0.4 is 5.73 Å². The molecule has 2 atom stereocenters. The number of carbonyl (C=O) groups is 1. The van der Waals surface area contributed by atoms with E-state index in [1.807, 2.05) is 24.3 Å². The van der Waals surface area contributed by atoms with Gasteiger partial charge in [-0.05, 0) is 41.3 Å². The summed E-state index contributed by atoms with van der Waals surface area (Å²) in [5.74, 6) is -0.326. The van der Waals surface area contributed by atoms with Crippen LogP contribution in [0.4, 0.5) is 13.6 Å². The molecule has 27 heavy (non-hydrogen) atoms. The number of urea groups is 1. The monoisotopic (exact) mass is 369 g/mol. The molecule has 4 rings (SSSR count). The highest BCUT2D eigenvalue weighted by molar-refractivity contribution is 5.78. The zero-order valence-corrected chi connectivity index (χ0v) is 14.8. The molecule has 2 aliphatic rings. The van der Waals surface area contributed by atoms with Crippen molar-refractivity contribution in [1.29, 1.82) is 0 Å². The number of fused-ring (bicyclic) bond motifs is 1. The normalized spacial score (nSPS) is 24.2. The van der Waals surface area contributed by atoms with E-state index in [0.717, 1.165) is 23.1 Å². The van der Waals surface area contributed by atoms with Gasteiger partial charge in [0.1, 0.15) is 5.82 Å². The van der Waals surface area contributed by atoms with Gasteiger partial charge in [-0.3, -0.25) is 4.90 Å². The molecule has 0 radical (unpaired) electrons. The van der Waals surface area contributed by atoms with E-state index in [2.05, 4.69) is 0 Å². The van der Waals surface area contributed by atoms with Crippen LogP contribution in [0.25, 0.3) is 0 Å². The lowest BCUT2D eigenvalue weighted by Gasteiger charge is -2.39. The molecule has 0 unspecified atom stereocenters. The number of carbonyl (C=O) groups excluding carboxylic acids is 1. The number of halogens is 2. The molecule has 2 amide bonds. The fourth-order valence-corrected chi connectivity index (χ4v) is 3.82. The van der Waals surface area contributed by atoms with Gasteiger partial charge in [0, 0.05) is 19.3 Å². The zero-order valence-electron chi connectivity index (χ0n) is 14.8. The maximum Gasteiger partial charge on any atom is 0.324 e. The number of nitrogens with two attached hydrogens (primary N) is 1. The van der Waals surface area contributed by atoms with Crippen LogP contribution in [0.1, 0.15) is 22.7 Å². The lowest BCUT2D eigenvalue weighted by atomic mass is 9.88. The fourth-order valence-electron chi connectivity index (χ4n) is 3.82. The second kappa shape index (κ2) is 6.78. The summed E-state index contributed by atoms with van der Waals surface area (Å²) >= 11 is 0. The van der Waals surface area contributed by atoms with E-state index in [9.17, 15) is 13.6 Å². The number of nitrogens with zero attached hydrogens (tertiary/aromatic N) is 2. The highest BCUT2D eigenvalue weighted by Gasteiger charge is 2.39. The highest BCUT2D eigenvalue weighted by atomic mass is 19.1. The third-order valence-electron chi connectivity index (χ3n) is 5.29. The van der Waals surface area contributed by atoms with E-state index in [1.54, 1.807) is 17.0 Å². The summed E-state index contributed by atoms with van der Waals surface area (Å²) in [6.45, 7) is 0.248. The number of amides is 2. The topological polar surface area (TPSA) is 49.6 Å². The molecular weight excluding hydrogens is 348 g/mol. The van der Waals surface area contributed by atoms with Gasteiger partial charge in [-0.1, -0.05) is 36.4 Å². The molecule has 0 saturated heterocycles. The first kappa shape index (κ1) is 17.7. The minimum atomic E-state index is -1.69. The van der Waals surface area contributed by atoms with Gasteiger partial charge in [0.05, 0.1) is 12.6 Å². The second-order valence-electron chi connectivity index (χ2n) is 7.06. The summed E-state index contributed by atoms with van der Waals surface area (Å²) in [6.07, 6.45) is 3.53. The van der Waals surface area contributed by atoms with Gasteiger partial charge < -0.3 is 10.6 Å². The van der Waals surface area contributed by atoms with Crippen molar-refractivity contribution in [2.24, 2.45) is 5.73 Å². The molecule has 2 heterocycles. The zero-order chi connectivity index (χ0) is 19.0. The van der Waals surface area contributed by atoms with Crippen molar-refractivity contribution >= 4 is 6.03 Å². The number of benzene rings is 2. The summed E-state index contributed by atoms with van der Waals surface area (Å²) in [6, 6.07) is 13.5. The largest absolute Gasteiger partial charge is 0.327 e. The summed E-state index contributed by atoms with van der Waals surface area (Å²) < 4.78 is 27.9. The molecule has 6 heteroatoms. The van der Waals surface area contributed by atoms with Crippen molar-refractivity contribution in [3.63, 3.8) is 0 Å². The van der Waals surface area contributed by atoms with Crippen LogP contribution in [-0.4, -0.2) is 41.1 Å². The lowest BCUT2D eigenvalue weighted by molar-refractivity contribution is 0.138. The van der Waals surface area contributed by atoms with Crippen molar-refractivity contribution in [2.45, 2.75) is 18.1 Å². The standard InChI is InChI=1S/C21H21F2N3O/c22-17-7-5-16(6-8-17)19-18-4-2-1-3-15(18)9-11-26(19)20(27)25-12-10-21(23,13-24)14-25/h1-8,10,12,19H,9,11,13-14,24H2/t19-,21-/m0/s1. The molecule has 0 saturated carbocycles. The van der Waals surface area contributed by atoms with Crippen molar-refractivity contribution < 1.29 is 13.6 Å². The van der Waals surface area contributed by atoms with Crippen molar-refractivity contribution in [2.75, 3.05) is 19.6 Å². The van der Waals surface area contributed by atoms with Crippen LogP contribution in [0.15, 0.2) is 60.8 Å². The summed E-state index contributed by atoms with van der Waals surface area (Å²) in [7, 11) is 0. The number of alkyl halides is 1. The Hall–Kier alpha value is -2.73. The first-order valence-corrected chi connectivity index (χ1v) is 9.00. The SMILES string of the molecule is NC[C@@]1(F)C=CN(C(=O)N2CCc3ccccc3[C@@H]2c2ccc(F)cc2)C1. The molecule has 2 aromatic carbocycles. The Labute approximate surface area is 156 Å². The first-order valence-electron chi connectivity index (χ1n) is 9.00. The van der Waals surface area contributed by atoms with Crippen molar-refractivity contribution in [3.8, 4) is 0 Å². The lowest BCUT2D eigenvalue weighted by Crippen LogP contribution is -2.48. The van der Waals surface area contributed by atoms with E-state index >= 15 is 0 Å². The van der Waals surface area contributed by atoms with Gasteiger partial charge in [-0.2, -0.15) is 0 Å². The molecule has 4 nitrogen and oxygen atoms in total. The molecule has 140 valence electrons. The molecule has 2 aliphatic heterocycles. The predicted molar refractivity (Wildman–Crippen MR) is 99.2 cm³/mol. The van der Waals surface area contributed by atoms with Gasteiger partial charge in [0.2, 0.25) is 0 Å². The van der Waals surface area contributed by atoms with E-state index < -0.39 is 5.67 Å². The molecule has 2 aromatic rings. The molecule has 0 bridgehead atoms. The predicted octanol–water partition coefficient (Wildman–Crippen LogP) is 3.39. The minimum absolute atomic E-state index is 0.0867. The molecule has 2 N–H and O–H groups in total. The maximum absolute atomic E-state index is 14.5. The Morgan fingerprint density at radius 1 is 1.19 bits per heavy atom. The van der Waals surface area contributed by atoms with Gasteiger partial charge in [-0.15, -0.1) is 0 Å². The molecule has 0 aliphatic carbocycles. The van der Waals surface area contributed by atoms with Gasteiger partial charge in [0.15, 0.2) is 5.67 Å². The Bertz CT molecular complexity index is 883. The van der Waals surface area contributed by atoms with Gasteiger partial charge >= 0.3 is 6.03 Å². The number of hydrogen-bond donors (Lipinski definition) is 1. The third-order valence-corrected chi connectivity index (χ3v) is 5.29. The average Bonchev–Trinajstić information content (AvgIpc) is 3.10. The fraction of sp³-hybridized carbons (Fsp3) is 0.286. The van der Waals surface area contributed by atoms with E-state index in [4.69, 9.17) is 5.73 Å². The maximum atomic E-state index is 14.5. The van der Waals surface area contributed by atoms with Crippen LogP contribution in [0.2, 0.25) is 0 Å². The molecular formula is C21H21F2N3O. The minimum Gasteiger partial charge on any atom is -0.327 e. The quantitative estimate of drug-likeness (QED) is 0.882. The van der Waals surface area contributed by atoms with Crippen LogP contribution in [0.3, 0.4) is 0 Å². The van der Waals surface area contributed by atoms with E-state index in [0.29, 0.717) is 6.54 Å².